The number of aliphatic hydroxyl groups is 4. The minimum Gasteiger partial charge on any atom is -0.388 e. The van der Waals surface area contributed by atoms with Crippen molar-refractivity contribution in [3.8, 4) is 0 Å². The Kier molecular flexibility index (Phi) is 4.60. The average molecular weight is 178 g/mol. The molecule has 6 nitrogen and oxygen atoms in total. The van der Waals surface area contributed by atoms with Gasteiger partial charge in [-0.3, -0.25) is 9.59 Å². The lowest BCUT2D eigenvalue weighted by molar-refractivity contribution is -0.146. The van der Waals surface area contributed by atoms with E-state index in [0.29, 0.717) is 0 Å². The highest BCUT2D eigenvalue weighted by molar-refractivity contribution is 5.93. The Morgan fingerprint density at radius 2 is 1.17 bits per heavy atom. The van der Waals surface area contributed by atoms with Crippen LogP contribution in [0.5, 0.6) is 0 Å². The topological polar surface area (TPSA) is 115 Å². The second-order valence-electron chi connectivity index (χ2n) is 2.14. The predicted molar refractivity (Wildman–Crippen MR) is 36.2 cm³/mol. The fraction of sp³-hybridized carbons (Fsp3) is 0.667. The quantitative estimate of drug-likeness (QED) is 0.353. The number of hydrogen-bond acceptors (Lipinski definition) is 6. The maximum Gasteiger partial charge on any atom is 0.189 e. The van der Waals surface area contributed by atoms with Gasteiger partial charge in [0, 0.05) is 0 Å². The van der Waals surface area contributed by atoms with Crippen LogP contribution in [-0.2, 0) is 9.59 Å². The second-order valence-corrected chi connectivity index (χ2v) is 2.14. The SMILES string of the molecule is O=C(CO)[C@H](O)[C@@H](O)C(=O)CO. The summed E-state index contributed by atoms with van der Waals surface area (Å²) in [5, 5.41) is 34.0. The molecule has 0 saturated carbocycles. The molecule has 12 heavy (non-hydrogen) atoms. The van der Waals surface area contributed by atoms with E-state index < -0.39 is 37.0 Å². The van der Waals surface area contributed by atoms with E-state index in [-0.39, 0.29) is 0 Å². The van der Waals surface area contributed by atoms with Crippen molar-refractivity contribution >= 4 is 11.6 Å². The second kappa shape index (κ2) is 4.94. The molecule has 0 aliphatic rings. The van der Waals surface area contributed by atoms with Crippen LogP contribution in [0.4, 0.5) is 0 Å². The summed E-state index contributed by atoms with van der Waals surface area (Å²) in [7, 11) is 0. The molecule has 0 heterocycles. The normalized spacial score (nSPS) is 15.3. The van der Waals surface area contributed by atoms with E-state index in [2.05, 4.69) is 0 Å². The molecule has 0 spiro atoms. The summed E-state index contributed by atoms with van der Waals surface area (Å²) in [5.41, 5.74) is 0. The van der Waals surface area contributed by atoms with Gasteiger partial charge in [0.1, 0.15) is 25.4 Å². The first-order valence-corrected chi connectivity index (χ1v) is 3.17. The van der Waals surface area contributed by atoms with Gasteiger partial charge in [0.15, 0.2) is 11.6 Å². The number of ketones is 2. The largest absolute Gasteiger partial charge is 0.388 e. The third kappa shape index (κ3) is 2.67. The molecule has 0 aliphatic carbocycles. The molecule has 0 amide bonds. The van der Waals surface area contributed by atoms with Crippen LogP contribution in [-0.4, -0.2) is 57.4 Å². The summed E-state index contributed by atoms with van der Waals surface area (Å²) in [6.45, 7) is -1.92. The molecule has 4 N–H and O–H groups in total. The van der Waals surface area contributed by atoms with Crippen molar-refractivity contribution in [2.24, 2.45) is 0 Å². The van der Waals surface area contributed by atoms with E-state index in [1.165, 1.54) is 0 Å². The summed E-state index contributed by atoms with van der Waals surface area (Å²) >= 11 is 0. The summed E-state index contributed by atoms with van der Waals surface area (Å²) in [6.07, 6.45) is -3.93. The van der Waals surface area contributed by atoms with Crippen molar-refractivity contribution in [1.82, 2.24) is 0 Å². The molecule has 0 aromatic rings. The smallest absolute Gasteiger partial charge is 0.189 e. The Labute approximate surface area is 68.1 Å². The summed E-state index contributed by atoms with van der Waals surface area (Å²) in [6, 6.07) is 0. The van der Waals surface area contributed by atoms with Crippen LogP contribution in [0.3, 0.4) is 0 Å². The number of hydrogen-bond donors (Lipinski definition) is 4. The van der Waals surface area contributed by atoms with Gasteiger partial charge in [-0.1, -0.05) is 0 Å². The van der Waals surface area contributed by atoms with Gasteiger partial charge in [0.25, 0.3) is 0 Å². The van der Waals surface area contributed by atoms with Crippen LogP contribution in [0.15, 0.2) is 0 Å². The van der Waals surface area contributed by atoms with E-state index >= 15 is 0 Å². The maximum absolute atomic E-state index is 10.5. The zero-order valence-electron chi connectivity index (χ0n) is 6.17. The van der Waals surface area contributed by atoms with Crippen molar-refractivity contribution in [3.05, 3.63) is 0 Å². The van der Waals surface area contributed by atoms with Crippen LogP contribution >= 0.6 is 0 Å². The van der Waals surface area contributed by atoms with Crippen molar-refractivity contribution in [3.63, 3.8) is 0 Å². The van der Waals surface area contributed by atoms with Crippen molar-refractivity contribution < 1.29 is 30.0 Å². The molecule has 6 heteroatoms. The molecular formula is C6H10O6. The number of carbonyl (C=O) groups excluding carboxylic acids is 2. The lowest BCUT2D eigenvalue weighted by atomic mass is 10.1. The van der Waals surface area contributed by atoms with Crippen molar-refractivity contribution in [1.29, 1.82) is 0 Å². The molecular weight excluding hydrogens is 168 g/mol. The lowest BCUT2D eigenvalue weighted by Crippen LogP contribution is -2.42. The van der Waals surface area contributed by atoms with Crippen molar-refractivity contribution in [2.75, 3.05) is 13.2 Å². The molecule has 0 fully saturated rings. The first-order chi connectivity index (χ1) is 5.54. The highest BCUT2D eigenvalue weighted by atomic mass is 16.4. The predicted octanol–water partition coefficient (Wildman–Crippen LogP) is -3.17. The van der Waals surface area contributed by atoms with Crippen LogP contribution in [0, 0.1) is 0 Å². The Balaban J connectivity index is 4.18. The van der Waals surface area contributed by atoms with E-state index in [9.17, 15) is 9.59 Å². The minimum absolute atomic E-state index is 0.961. The number of aliphatic hydroxyl groups excluding tert-OH is 4. The number of Topliss-reactive ketones (excluding diaryl/α,β-unsaturated/α-hetero) is 2. The van der Waals surface area contributed by atoms with Crippen LogP contribution in [0.2, 0.25) is 0 Å². The van der Waals surface area contributed by atoms with Gasteiger partial charge in [-0.2, -0.15) is 0 Å². The maximum atomic E-state index is 10.5. The van der Waals surface area contributed by atoms with Gasteiger partial charge in [-0.25, -0.2) is 0 Å². The Hall–Kier alpha value is -0.820. The molecule has 70 valence electrons. The lowest BCUT2D eigenvalue weighted by Gasteiger charge is -2.12. The van der Waals surface area contributed by atoms with Crippen LogP contribution in [0.25, 0.3) is 0 Å². The van der Waals surface area contributed by atoms with Gasteiger partial charge in [0.05, 0.1) is 0 Å². The van der Waals surface area contributed by atoms with E-state index in [0.717, 1.165) is 0 Å². The molecule has 0 bridgehead atoms. The number of carbonyl (C=O) groups is 2. The van der Waals surface area contributed by atoms with Crippen LogP contribution in [0.1, 0.15) is 0 Å². The summed E-state index contributed by atoms with van der Waals surface area (Å²) < 4.78 is 0. The Bertz CT molecular complexity index is 157. The van der Waals surface area contributed by atoms with E-state index in [1.54, 1.807) is 0 Å². The number of rotatable bonds is 5. The van der Waals surface area contributed by atoms with Crippen molar-refractivity contribution in [2.45, 2.75) is 12.2 Å². The highest BCUT2D eigenvalue weighted by Crippen LogP contribution is 1.96. The molecule has 0 unspecified atom stereocenters. The minimum atomic E-state index is -1.96. The fourth-order valence-electron chi connectivity index (χ4n) is 0.539. The monoisotopic (exact) mass is 178 g/mol. The molecule has 0 rings (SSSR count). The Morgan fingerprint density at radius 3 is 1.33 bits per heavy atom. The first kappa shape index (κ1) is 11.2. The van der Waals surface area contributed by atoms with Crippen LogP contribution < -0.4 is 0 Å². The third-order valence-corrected chi connectivity index (χ3v) is 1.27. The average Bonchev–Trinajstić information content (AvgIpc) is 2.12. The highest BCUT2D eigenvalue weighted by Gasteiger charge is 2.28. The standard InChI is InChI=1S/C6H10O6/c7-1-3(9)5(11)6(12)4(10)2-8/h5-8,11-12H,1-2H2/t5-,6-/m0/s1. The fourth-order valence-corrected chi connectivity index (χ4v) is 0.539. The zero-order valence-corrected chi connectivity index (χ0v) is 6.17. The molecule has 0 aromatic heterocycles. The molecule has 2 atom stereocenters. The van der Waals surface area contributed by atoms with E-state index in [4.69, 9.17) is 20.4 Å². The van der Waals surface area contributed by atoms with Gasteiger partial charge in [0.2, 0.25) is 0 Å². The molecule has 0 radical (unpaired) electrons. The van der Waals surface area contributed by atoms with Gasteiger partial charge in [-0.05, 0) is 0 Å². The first-order valence-electron chi connectivity index (χ1n) is 3.17. The molecule has 0 aliphatic heterocycles. The Morgan fingerprint density at radius 1 is 0.917 bits per heavy atom. The molecule has 0 aromatic carbocycles. The third-order valence-electron chi connectivity index (χ3n) is 1.27. The summed E-state index contributed by atoms with van der Waals surface area (Å²) in [5.74, 6) is -2.13. The van der Waals surface area contributed by atoms with Gasteiger partial charge < -0.3 is 20.4 Å². The molecule has 0 saturated heterocycles. The zero-order chi connectivity index (χ0) is 9.72. The van der Waals surface area contributed by atoms with Gasteiger partial charge in [-0.15, -0.1) is 0 Å². The van der Waals surface area contributed by atoms with Gasteiger partial charge >= 0.3 is 0 Å². The van der Waals surface area contributed by atoms with E-state index in [1.807, 2.05) is 0 Å². The summed E-state index contributed by atoms with van der Waals surface area (Å²) in [4.78, 5) is 21.0.